The van der Waals surface area contributed by atoms with Gasteiger partial charge in [-0.3, -0.25) is 4.99 Å². The Morgan fingerprint density at radius 3 is 2.54 bits per heavy atom. The van der Waals surface area contributed by atoms with E-state index in [9.17, 15) is 4.79 Å². The Balaban J connectivity index is 1.85. The maximum absolute atomic E-state index is 11.8. The molecule has 3 aromatic rings. The van der Waals surface area contributed by atoms with Crippen molar-refractivity contribution in [3.05, 3.63) is 71.2 Å². The highest BCUT2D eigenvalue weighted by Gasteiger charge is 2.11. The van der Waals surface area contributed by atoms with Crippen LogP contribution >= 0.6 is 0 Å². The van der Waals surface area contributed by atoms with E-state index >= 15 is 0 Å². The molecule has 0 saturated heterocycles. The summed E-state index contributed by atoms with van der Waals surface area (Å²) in [5, 5.41) is 0. The lowest BCUT2D eigenvalue weighted by Gasteiger charge is -2.10. The van der Waals surface area contributed by atoms with Crippen molar-refractivity contribution in [3.63, 3.8) is 0 Å². The number of nitrogens with zero attached hydrogens (tertiary/aromatic N) is 3. The van der Waals surface area contributed by atoms with Crippen LogP contribution in [-0.2, 0) is 4.74 Å². The fourth-order valence-electron chi connectivity index (χ4n) is 2.99. The number of benzene rings is 1. The summed E-state index contributed by atoms with van der Waals surface area (Å²) in [6.45, 7) is 6.24. The maximum atomic E-state index is 11.8. The molecule has 6 nitrogen and oxygen atoms in total. The Labute approximate surface area is 164 Å². The number of carbonyl (C=O) groups is 1. The molecular formula is C22H23N3O3. The minimum absolute atomic E-state index is 0.309. The standard InChI is InChI=1S/C22H23N3O3/c1-5-28-22(26)17-6-9-20(10-7-17)25-15(2)12-18(16(25)3)13-23-19-8-11-21(27-4)24-14-19/h6-14H,5H2,1-4H3. The van der Waals surface area contributed by atoms with Crippen molar-refractivity contribution in [2.24, 2.45) is 4.99 Å². The van der Waals surface area contributed by atoms with Crippen molar-refractivity contribution in [1.29, 1.82) is 0 Å². The second-order valence-electron chi connectivity index (χ2n) is 6.25. The highest BCUT2D eigenvalue weighted by Crippen LogP contribution is 2.21. The van der Waals surface area contributed by atoms with E-state index in [1.54, 1.807) is 38.4 Å². The van der Waals surface area contributed by atoms with Gasteiger partial charge in [0.05, 0.1) is 31.2 Å². The zero-order valence-corrected chi connectivity index (χ0v) is 16.5. The van der Waals surface area contributed by atoms with Crippen molar-refractivity contribution >= 4 is 17.9 Å². The highest BCUT2D eigenvalue weighted by atomic mass is 16.5. The molecule has 0 fully saturated rings. The molecule has 1 aromatic carbocycles. The number of methoxy groups -OCH3 is 1. The quantitative estimate of drug-likeness (QED) is 0.471. The topological polar surface area (TPSA) is 65.7 Å². The van der Waals surface area contributed by atoms with Crippen LogP contribution in [0.1, 0.15) is 34.2 Å². The van der Waals surface area contributed by atoms with Gasteiger partial charge in [-0.05, 0) is 57.2 Å². The molecule has 0 spiro atoms. The first-order valence-corrected chi connectivity index (χ1v) is 9.04. The molecule has 2 heterocycles. The summed E-state index contributed by atoms with van der Waals surface area (Å²) >= 11 is 0. The van der Waals surface area contributed by atoms with Crippen molar-refractivity contribution in [3.8, 4) is 11.6 Å². The van der Waals surface area contributed by atoms with Crippen LogP contribution in [0.5, 0.6) is 5.88 Å². The zero-order chi connectivity index (χ0) is 20.1. The number of hydrogen-bond acceptors (Lipinski definition) is 5. The lowest BCUT2D eigenvalue weighted by molar-refractivity contribution is 0.0526. The fraction of sp³-hybridized carbons (Fsp3) is 0.227. The summed E-state index contributed by atoms with van der Waals surface area (Å²) in [7, 11) is 1.58. The molecule has 0 unspecified atom stereocenters. The second-order valence-corrected chi connectivity index (χ2v) is 6.25. The number of pyridine rings is 1. The average Bonchev–Trinajstić information content (AvgIpc) is 3.00. The van der Waals surface area contributed by atoms with Gasteiger partial charge < -0.3 is 14.0 Å². The summed E-state index contributed by atoms with van der Waals surface area (Å²) in [5.41, 5.74) is 5.44. The first-order valence-electron chi connectivity index (χ1n) is 9.04. The van der Waals surface area contributed by atoms with Crippen LogP contribution in [-0.4, -0.2) is 35.5 Å². The number of aromatic nitrogens is 2. The first-order chi connectivity index (χ1) is 13.5. The molecule has 0 radical (unpaired) electrons. The summed E-state index contributed by atoms with van der Waals surface area (Å²) < 4.78 is 12.2. The molecule has 0 amide bonds. The lowest BCUT2D eigenvalue weighted by atomic mass is 10.2. The van der Waals surface area contributed by atoms with Gasteiger partial charge in [0.1, 0.15) is 0 Å². The van der Waals surface area contributed by atoms with E-state index in [-0.39, 0.29) is 5.97 Å². The SMILES string of the molecule is CCOC(=O)c1ccc(-n2c(C)cc(C=Nc3ccc(OC)nc3)c2C)cc1. The third-order valence-corrected chi connectivity index (χ3v) is 4.39. The largest absolute Gasteiger partial charge is 0.481 e. The van der Waals surface area contributed by atoms with Crippen LogP contribution in [0.15, 0.2) is 53.7 Å². The number of aliphatic imine (C=N–C) groups is 1. The van der Waals surface area contributed by atoms with E-state index in [0.29, 0.717) is 18.1 Å². The van der Waals surface area contributed by atoms with Gasteiger partial charge in [0.15, 0.2) is 0 Å². The number of ether oxygens (including phenoxy) is 2. The Kier molecular flexibility index (Phi) is 5.89. The average molecular weight is 377 g/mol. The van der Waals surface area contributed by atoms with Crippen molar-refractivity contribution < 1.29 is 14.3 Å². The van der Waals surface area contributed by atoms with Crippen LogP contribution in [0.25, 0.3) is 5.69 Å². The third kappa shape index (κ3) is 4.11. The fourth-order valence-corrected chi connectivity index (χ4v) is 2.99. The number of carbonyl (C=O) groups excluding carboxylic acids is 1. The normalized spacial score (nSPS) is 11.0. The highest BCUT2D eigenvalue weighted by molar-refractivity contribution is 5.89. The van der Waals surface area contributed by atoms with Crippen LogP contribution in [0.2, 0.25) is 0 Å². The Hall–Kier alpha value is -3.41. The molecule has 3 rings (SSSR count). The molecule has 6 heteroatoms. The number of aryl methyl sites for hydroxylation is 1. The molecule has 0 bridgehead atoms. The molecular weight excluding hydrogens is 354 g/mol. The van der Waals surface area contributed by atoms with E-state index in [4.69, 9.17) is 9.47 Å². The van der Waals surface area contributed by atoms with Gasteiger partial charge in [0.2, 0.25) is 5.88 Å². The van der Waals surface area contributed by atoms with E-state index in [2.05, 4.69) is 20.6 Å². The molecule has 144 valence electrons. The number of rotatable bonds is 6. The van der Waals surface area contributed by atoms with E-state index < -0.39 is 0 Å². The molecule has 0 atom stereocenters. The maximum Gasteiger partial charge on any atom is 0.338 e. The number of hydrogen-bond donors (Lipinski definition) is 0. The zero-order valence-electron chi connectivity index (χ0n) is 16.5. The van der Waals surface area contributed by atoms with Crippen molar-refractivity contribution in [2.75, 3.05) is 13.7 Å². The third-order valence-electron chi connectivity index (χ3n) is 4.39. The minimum atomic E-state index is -0.309. The van der Waals surface area contributed by atoms with Gasteiger partial charge >= 0.3 is 5.97 Å². The molecule has 0 N–H and O–H groups in total. The molecule has 0 saturated carbocycles. The summed E-state index contributed by atoms with van der Waals surface area (Å²) in [6.07, 6.45) is 3.50. The Bertz CT molecular complexity index is 987. The molecule has 2 aromatic heterocycles. The van der Waals surface area contributed by atoms with Gasteiger partial charge in [-0.1, -0.05) is 0 Å². The summed E-state index contributed by atoms with van der Waals surface area (Å²) in [4.78, 5) is 20.5. The van der Waals surface area contributed by atoms with Gasteiger partial charge in [-0.2, -0.15) is 0 Å². The van der Waals surface area contributed by atoms with E-state index in [0.717, 1.165) is 28.3 Å². The smallest absolute Gasteiger partial charge is 0.338 e. The van der Waals surface area contributed by atoms with Crippen molar-refractivity contribution in [2.45, 2.75) is 20.8 Å². The minimum Gasteiger partial charge on any atom is -0.481 e. The van der Waals surface area contributed by atoms with Gasteiger partial charge in [-0.15, -0.1) is 0 Å². The van der Waals surface area contributed by atoms with Gasteiger partial charge in [0, 0.05) is 34.9 Å². The van der Waals surface area contributed by atoms with Crippen molar-refractivity contribution in [1.82, 2.24) is 9.55 Å². The molecule has 0 aliphatic rings. The molecule has 0 aliphatic heterocycles. The Morgan fingerprint density at radius 2 is 1.93 bits per heavy atom. The predicted molar refractivity (Wildman–Crippen MR) is 109 cm³/mol. The molecule has 28 heavy (non-hydrogen) atoms. The monoisotopic (exact) mass is 377 g/mol. The second kappa shape index (κ2) is 8.52. The van der Waals surface area contributed by atoms with Gasteiger partial charge in [0.25, 0.3) is 0 Å². The lowest BCUT2D eigenvalue weighted by Crippen LogP contribution is -2.05. The summed E-state index contributed by atoms with van der Waals surface area (Å²) in [5.74, 6) is 0.249. The van der Waals surface area contributed by atoms with Crippen LogP contribution in [0, 0.1) is 13.8 Å². The molecule has 0 aliphatic carbocycles. The van der Waals surface area contributed by atoms with Crippen LogP contribution in [0.4, 0.5) is 5.69 Å². The predicted octanol–water partition coefficient (Wildman–Crippen LogP) is 4.43. The number of esters is 1. The Morgan fingerprint density at radius 1 is 1.18 bits per heavy atom. The van der Waals surface area contributed by atoms with Crippen LogP contribution < -0.4 is 4.74 Å². The summed E-state index contributed by atoms with van der Waals surface area (Å²) in [6, 6.07) is 13.1. The first kappa shape index (κ1) is 19.4. The van der Waals surface area contributed by atoms with E-state index in [1.807, 2.05) is 38.3 Å². The van der Waals surface area contributed by atoms with E-state index in [1.165, 1.54) is 0 Å². The van der Waals surface area contributed by atoms with Crippen LogP contribution in [0.3, 0.4) is 0 Å². The van der Waals surface area contributed by atoms with Gasteiger partial charge in [-0.25, -0.2) is 9.78 Å².